The average molecular weight is 333 g/mol. The van der Waals surface area contributed by atoms with E-state index in [-0.39, 0.29) is 36.6 Å². The quantitative estimate of drug-likeness (QED) is 0.805. The topological polar surface area (TPSA) is 55.6 Å². The first-order valence-corrected chi connectivity index (χ1v) is 8.79. The lowest BCUT2D eigenvalue weighted by atomic mass is 9.90. The van der Waals surface area contributed by atoms with Crippen molar-refractivity contribution in [1.29, 1.82) is 0 Å². The summed E-state index contributed by atoms with van der Waals surface area (Å²) in [6.07, 6.45) is 9.49. The second-order valence-corrected chi connectivity index (χ2v) is 6.85. The van der Waals surface area contributed by atoms with E-state index in [2.05, 4.69) is 6.92 Å². The van der Waals surface area contributed by atoms with Crippen LogP contribution >= 0.6 is 12.4 Å². The molecule has 1 aliphatic heterocycles. The minimum absolute atomic E-state index is 0. The van der Waals surface area contributed by atoms with E-state index in [1.54, 1.807) is 0 Å². The molecule has 1 heterocycles. The summed E-state index contributed by atoms with van der Waals surface area (Å²) < 4.78 is 6.08. The first kappa shape index (κ1) is 19.7. The first-order chi connectivity index (χ1) is 10.1. The zero-order valence-corrected chi connectivity index (χ0v) is 14.9. The number of halogens is 1. The molecule has 22 heavy (non-hydrogen) atoms. The Labute approximate surface area is 141 Å². The molecule has 1 saturated heterocycles. The number of carbonyl (C=O) groups is 1. The summed E-state index contributed by atoms with van der Waals surface area (Å²) in [4.78, 5) is 14.7. The molecule has 0 radical (unpaired) electrons. The van der Waals surface area contributed by atoms with Gasteiger partial charge in [-0.15, -0.1) is 12.4 Å². The highest BCUT2D eigenvalue weighted by atomic mass is 35.5. The maximum atomic E-state index is 12.7. The number of likely N-dealkylation sites (tertiary alicyclic amines) is 1. The van der Waals surface area contributed by atoms with E-state index in [0.29, 0.717) is 12.5 Å². The van der Waals surface area contributed by atoms with Crippen LogP contribution in [0.5, 0.6) is 0 Å². The highest BCUT2D eigenvalue weighted by Gasteiger charge is 2.34. The van der Waals surface area contributed by atoms with Gasteiger partial charge < -0.3 is 15.4 Å². The van der Waals surface area contributed by atoms with Crippen LogP contribution in [0.1, 0.15) is 65.2 Å². The lowest BCUT2D eigenvalue weighted by molar-refractivity contribution is -0.151. The van der Waals surface area contributed by atoms with Crippen LogP contribution in [-0.4, -0.2) is 42.1 Å². The third-order valence-corrected chi connectivity index (χ3v) is 5.19. The number of rotatable bonds is 4. The highest BCUT2D eigenvalue weighted by molar-refractivity contribution is 5.85. The van der Waals surface area contributed by atoms with Crippen LogP contribution in [0.15, 0.2) is 0 Å². The fraction of sp³-hybridized carbons (Fsp3) is 0.941. The summed E-state index contributed by atoms with van der Waals surface area (Å²) in [7, 11) is 0. The second kappa shape index (κ2) is 9.74. The van der Waals surface area contributed by atoms with Gasteiger partial charge >= 0.3 is 0 Å². The molecule has 5 heteroatoms. The van der Waals surface area contributed by atoms with E-state index in [0.717, 1.165) is 25.8 Å². The molecule has 2 rings (SSSR count). The molecule has 3 atom stereocenters. The minimum atomic E-state index is -0.326. The number of hydrogen-bond donors (Lipinski definition) is 1. The molecule has 4 nitrogen and oxygen atoms in total. The van der Waals surface area contributed by atoms with E-state index in [9.17, 15) is 4.79 Å². The Bertz CT molecular complexity index is 333. The molecule has 130 valence electrons. The molecule has 1 aliphatic carbocycles. The van der Waals surface area contributed by atoms with Crippen molar-refractivity contribution in [3.05, 3.63) is 0 Å². The summed E-state index contributed by atoms with van der Waals surface area (Å²) >= 11 is 0. The van der Waals surface area contributed by atoms with Gasteiger partial charge in [0.25, 0.3) is 5.91 Å². The molecule has 1 saturated carbocycles. The van der Waals surface area contributed by atoms with Gasteiger partial charge in [-0.25, -0.2) is 0 Å². The lowest BCUT2D eigenvalue weighted by Crippen LogP contribution is -2.54. The third-order valence-electron chi connectivity index (χ3n) is 5.19. The van der Waals surface area contributed by atoms with E-state index in [1.165, 1.54) is 32.1 Å². The highest BCUT2D eigenvalue weighted by Crippen LogP contribution is 2.25. The van der Waals surface area contributed by atoms with Crippen molar-refractivity contribution < 1.29 is 9.53 Å². The Morgan fingerprint density at radius 2 is 1.82 bits per heavy atom. The van der Waals surface area contributed by atoms with E-state index < -0.39 is 0 Å². The van der Waals surface area contributed by atoms with Crippen LogP contribution in [0.25, 0.3) is 0 Å². The summed E-state index contributed by atoms with van der Waals surface area (Å²) in [6.45, 7) is 5.51. The first-order valence-electron chi connectivity index (χ1n) is 8.79. The number of amides is 1. The molecule has 3 unspecified atom stereocenters. The molecule has 0 aromatic heterocycles. The van der Waals surface area contributed by atoms with Gasteiger partial charge in [-0.05, 0) is 38.5 Å². The number of carbonyl (C=O) groups excluding carboxylic acids is 1. The Morgan fingerprint density at radius 3 is 2.41 bits per heavy atom. The van der Waals surface area contributed by atoms with E-state index in [4.69, 9.17) is 10.5 Å². The van der Waals surface area contributed by atoms with Gasteiger partial charge in [0.2, 0.25) is 0 Å². The van der Waals surface area contributed by atoms with Gasteiger partial charge in [0.05, 0.1) is 6.10 Å². The molecule has 0 aromatic carbocycles. The molecule has 2 aliphatic rings. The third kappa shape index (κ3) is 5.10. The Morgan fingerprint density at radius 1 is 1.18 bits per heavy atom. The Balaban J connectivity index is 0.00000242. The molecule has 1 amide bonds. The Hall–Kier alpha value is -0.320. The number of nitrogens with two attached hydrogens (primary N) is 1. The van der Waals surface area contributed by atoms with Crippen molar-refractivity contribution in [3.8, 4) is 0 Å². The smallest absolute Gasteiger partial charge is 0.251 e. The predicted octanol–water partition coefficient (Wildman–Crippen LogP) is 3.12. The molecular weight excluding hydrogens is 300 g/mol. The number of hydrogen-bond acceptors (Lipinski definition) is 3. The van der Waals surface area contributed by atoms with Gasteiger partial charge in [-0.2, -0.15) is 0 Å². The summed E-state index contributed by atoms with van der Waals surface area (Å²) in [5.74, 6) is 0.638. The Kier molecular flexibility index (Phi) is 8.73. The normalized spacial score (nSPS) is 28.6. The summed E-state index contributed by atoms with van der Waals surface area (Å²) in [6, 6.07) is 0.187. The van der Waals surface area contributed by atoms with Crippen LogP contribution < -0.4 is 5.73 Å². The van der Waals surface area contributed by atoms with Crippen molar-refractivity contribution in [2.24, 2.45) is 11.7 Å². The molecule has 0 aromatic rings. The van der Waals surface area contributed by atoms with Gasteiger partial charge in [-0.1, -0.05) is 32.6 Å². The standard InChI is InChI=1S/C17H32N2O2.ClH/c1-13-8-7-11-19(16(13)12-18)17(20)14(2)21-15-9-5-3-4-6-10-15;/h13-16H,3-12,18H2,1-2H3;1H. The number of piperidine rings is 1. The van der Waals surface area contributed by atoms with Crippen molar-refractivity contribution in [2.75, 3.05) is 13.1 Å². The molecule has 0 spiro atoms. The van der Waals surface area contributed by atoms with E-state index in [1.807, 2.05) is 11.8 Å². The largest absolute Gasteiger partial charge is 0.365 e. The van der Waals surface area contributed by atoms with Crippen LogP contribution in [-0.2, 0) is 9.53 Å². The van der Waals surface area contributed by atoms with Crippen molar-refractivity contribution >= 4 is 18.3 Å². The van der Waals surface area contributed by atoms with Crippen LogP contribution in [0.2, 0.25) is 0 Å². The maximum absolute atomic E-state index is 12.7. The van der Waals surface area contributed by atoms with Crippen LogP contribution in [0.3, 0.4) is 0 Å². The van der Waals surface area contributed by atoms with Gasteiger partial charge in [0, 0.05) is 19.1 Å². The maximum Gasteiger partial charge on any atom is 0.251 e. The number of nitrogens with zero attached hydrogens (tertiary/aromatic N) is 1. The SMILES string of the molecule is CC(OC1CCCCCC1)C(=O)N1CCCC(C)C1CN.Cl. The molecule has 2 N–H and O–H groups in total. The molecular formula is C17H33ClN2O2. The van der Waals surface area contributed by atoms with Gasteiger partial charge in [-0.3, -0.25) is 4.79 Å². The van der Waals surface area contributed by atoms with Crippen molar-refractivity contribution in [2.45, 2.75) is 83.5 Å². The fourth-order valence-electron chi connectivity index (χ4n) is 3.84. The zero-order valence-electron chi connectivity index (χ0n) is 14.1. The lowest BCUT2D eigenvalue weighted by Gasteiger charge is -2.40. The number of ether oxygens (including phenoxy) is 1. The van der Waals surface area contributed by atoms with Gasteiger partial charge in [0.15, 0.2) is 0 Å². The minimum Gasteiger partial charge on any atom is -0.365 e. The van der Waals surface area contributed by atoms with Crippen molar-refractivity contribution in [1.82, 2.24) is 4.90 Å². The predicted molar refractivity (Wildman–Crippen MR) is 92.2 cm³/mol. The summed E-state index contributed by atoms with van der Waals surface area (Å²) in [5, 5.41) is 0. The van der Waals surface area contributed by atoms with Crippen LogP contribution in [0, 0.1) is 5.92 Å². The fourth-order valence-corrected chi connectivity index (χ4v) is 3.84. The molecule has 2 fully saturated rings. The van der Waals surface area contributed by atoms with Crippen LogP contribution in [0.4, 0.5) is 0 Å². The molecule has 0 bridgehead atoms. The zero-order chi connectivity index (χ0) is 15.2. The van der Waals surface area contributed by atoms with E-state index >= 15 is 0 Å². The average Bonchev–Trinajstić information content (AvgIpc) is 2.74. The summed E-state index contributed by atoms with van der Waals surface area (Å²) in [5.41, 5.74) is 5.89. The monoisotopic (exact) mass is 332 g/mol. The van der Waals surface area contributed by atoms with Crippen molar-refractivity contribution in [3.63, 3.8) is 0 Å². The second-order valence-electron chi connectivity index (χ2n) is 6.85. The van der Waals surface area contributed by atoms with Gasteiger partial charge in [0.1, 0.15) is 6.10 Å².